The normalized spacial score (nSPS) is 17.2. The van der Waals surface area contributed by atoms with Crippen molar-refractivity contribution in [2.24, 2.45) is 0 Å². The molecule has 1 aliphatic heterocycles. The summed E-state index contributed by atoms with van der Waals surface area (Å²) in [4.78, 5) is 28.2. The van der Waals surface area contributed by atoms with Gasteiger partial charge < -0.3 is 14.6 Å². The SMILES string of the molecule is CCOc1ccc(/C(O)=C2/C(=O)C(=O)N(c3ccccc3OC)C2c2ccccc2)cc1C(C)C. The number of carbonyl (C=O) groups excluding carboxylic acids is 2. The van der Waals surface area contributed by atoms with Gasteiger partial charge >= 0.3 is 0 Å². The number of ketones is 1. The Balaban J connectivity index is 1.94. The van der Waals surface area contributed by atoms with Crippen LogP contribution in [0.5, 0.6) is 11.5 Å². The standard InChI is InChI=1S/C29H29NO5/c1-5-35-23-16-15-20(17-21(23)18(2)3)27(31)25-26(19-11-7-6-8-12-19)30(29(33)28(25)32)22-13-9-10-14-24(22)34-4/h6-18,26,31H,5H2,1-4H3/b27-25-. The molecule has 6 nitrogen and oxygen atoms in total. The van der Waals surface area contributed by atoms with E-state index in [1.165, 1.54) is 12.0 Å². The minimum Gasteiger partial charge on any atom is -0.507 e. The zero-order valence-electron chi connectivity index (χ0n) is 20.3. The first kappa shape index (κ1) is 24.1. The van der Waals surface area contributed by atoms with Crippen molar-refractivity contribution in [2.45, 2.75) is 32.7 Å². The number of carbonyl (C=O) groups is 2. The zero-order chi connectivity index (χ0) is 25.1. The maximum Gasteiger partial charge on any atom is 0.300 e. The number of rotatable bonds is 7. The highest BCUT2D eigenvalue weighted by Gasteiger charge is 2.47. The van der Waals surface area contributed by atoms with E-state index in [2.05, 4.69) is 0 Å². The van der Waals surface area contributed by atoms with Gasteiger partial charge in [0.1, 0.15) is 17.3 Å². The van der Waals surface area contributed by atoms with Gasteiger partial charge in [0, 0.05) is 5.56 Å². The van der Waals surface area contributed by atoms with Crippen LogP contribution in [0.2, 0.25) is 0 Å². The predicted octanol–water partition coefficient (Wildman–Crippen LogP) is 5.84. The topological polar surface area (TPSA) is 76.1 Å². The summed E-state index contributed by atoms with van der Waals surface area (Å²) in [6, 6.07) is 20.8. The zero-order valence-corrected chi connectivity index (χ0v) is 20.3. The molecule has 0 aliphatic carbocycles. The second-order valence-corrected chi connectivity index (χ2v) is 8.59. The van der Waals surface area contributed by atoms with Crippen molar-refractivity contribution < 1.29 is 24.2 Å². The highest BCUT2D eigenvalue weighted by atomic mass is 16.5. The first-order chi connectivity index (χ1) is 16.9. The number of Topliss-reactive ketones (excluding diaryl/α,β-unsaturated/α-hetero) is 1. The Morgan fingerprint density at radius 1 is 0.971 bits per heavy atom. The predicted molar refractivity (Wildman–Crippen MR) is 136 cm³/mol. The third kappa shape index (κ3) is 4.39. The van der Waals surface area contributed by atoms with E-state index < -0.39 is 17.7 Å². The molecule has 1 heterocycles. The Hall–Kier alpha value is -4.06. The molecule has 0 aromatic heterocycles. The Kier molecular flexibility index (Phi) is 6.92. The molecule has 6 heteroatoms. The number of methoxy groups -OCH3 is 1. The van der Waals surface area contributed by atoms with Gasteiger partial charge in [-0.3, -0.25) is 14.5 Å². The Morgan fingerprint density at radius 2 is 1.66 bits per heavy atom. The number of amides is 1. The highest BCUT2D eigenvalue weighted by Crippen LogP contribution is 2.45. The van der Waals surface area contributed by atoms with Crippen molar-refractivity contribution in [3.05, 3.63) is 95.1 Å². The minimum atomic E-state index is -0.818. The lowest BCUT2D eigenvalue weighted by molar-refractivity contribution is -0.132. The highest BCUT2D eigenvalue weighted by molar-refractivity contribution is 6.51. The van der Waals surface area contributed by atoms with Crippen LogP contribution in [0.15, 0.2) is 78.4 Å². The monoisotopic (exact) mass is 471 g/mol. The Bertz CT molecular complexity index is 1280. The van der Waals surface area contributed by atoms with Crippen LogP contribution in [-0.2, 0) is 9.59 Å². The van der Waals surface area contributed by atoms with Crippen LogP contribution in [0.4, 0.5) is 5.69 Å². The molecule has 180 valence electrons. The molecular weight excluding hydrogens is 442 g/mol. The Labute approximate surface area is 205 Å². The van der Waals surface area contributed by atoms with Crippen molar-refractivity contribution in [1.29, 1.82) is 0 Å². The largest absolute Gasteiger partial charge is 0.507 e. The third-order valence-corrected chi connectivity index (χ3v) is 6.11. The van der Waals surface area contributed by atoms with E-state index in [1.807, 2.05) is 57.2 Å². The van der Waals surface area contributed by atoms with E-state index in [9.17, 15) is 14.7 Å². The molecule has 1 fully saturated rings. The Morgan fingerprint density at radius 3 is 2.31 bits per heavy atom. The van der Waals surface area contributed by atoms with Crippen LogP contribution in [0.1, 0.15) is 49.4 Å². The van der Waals surface area contributed by atoms with E-state index in [4.69, 9.17) is 9.47 Å². The first-order valence-electron chi connectivity index (χ1n) is 11.6. The molecule has 4 rings (SSSR count). The van der Waals surface area contributed by atoms with Crippen LogP contribution in [0.25, 0.3) is 5.76 Å². The van der Waals surface area contributed by atoms with Gasteiger partial charge in [0.05, 0.1) is 31.0 Å². The van der Waals surface area contributed by atoms with Gasteiger partial charge in [-0.2, -0.15) is 0 Å². The summed E-state index contributed by atoms with van der Waals surface area (Å²) in [7, 11) is 1.51. The lowest BCUT2D eigenvalue weighted by atomic mass is 9.93. The van der Waals surface area contributed by atoms with E-state index in [0.717, 1.165) is 11.3 Å². The number of benzene rings is 3. The van der Waals surface area contributed by atoms with E-state index in [1.54, 1.807) is 36.4 Å². The summed E-state index contributed by atoms with van der Waals surface area (Å²) in [5.41, 5.74) is 2.56. The molecule has 1 aliphatic rings. The molecule has 3 aromatic rings. The molecule has 1 saturated heterocycles. The fourth-order valence-electron chi connectivity index (χ4n) is 4.45. The second-order valence-electron chi connectivity index (χ2n) is 8.59. The summed E-state index contributed by atoms with van der Waals surface area (Å²) < 4.78 is 11.2. The number of nitrogens with zero attached hydrogens (tertiary/aromatic N) is 1. The van der Waals surface area contributed by atoms with Crippen LogP contribution in [-0.4, -0.2) is 30.5 Å². The summed E-state index contributed by atoms with van der Waals surface area (Å²) in [5, 5.41) is 11.5. The molecule has 0 bridgehead atoms. The third-order valence-electron chi connectivity index (χ3n) is 6.11. The van der Waals surface area contributed by atoms with Crippen molar-refractivity contribution >= 4 is 23.1 Å². The molecule has 0 saturated carbocycles. The lowest BCUT2D eigenvalue weighted by Crippen LogP contribution is -2.29. The molecular formula is C29H29NO5. The van der Waals surface area contributed by atoms with Crippen LogP contribution in [0, 0.1) is 0 Å². The van der Waals surface area contributed by atoms with Crippen molar-refractivity contribution in [1.82, 2.24) is 0 Å². The molecule has 0 radical (unpaired) electrons. The summed E-state index contributed by atoms with van der Waals surface area (Å²) in [6.45, 7) is 6.50. The number of para-hydroxylation sites is 2. The number of aliphatic hydroxyl groups is 1. The van der Waals surface area contributed by atoms with E-state index >= 15 is 0 Å². The molecule has 3 aromatic carbocycles. The van der Waals surface area contributed by atoms with Crippen LogP contribution >= 0.6 is 0 Å². The van der Waals surface area contributed by atoms with E-state index in [-0.39, 0.29) is 17.3 Å². The maximum atomic E-state index is 13.4. The minimum absolute atomic E-state index is 0.0333. The fraction of sp³-hybridized carbons (Fsp3) is 0.241. The van der Waals surface area contributed by atoms with Gasteiger partial charge in [-0.1, -0.05) is 56.3 Å². The van der Waals surface area contributed by atoms with E-state index in [0.29, 0.717) is 29.2 Å². The number of aliphatic hydroxyl groups excluding tert-OH is 1. The van der Waals surface area contributed by atoms with Gasteiger partial charge in [-0.05, 0) is 54.3 Å². The smallest absolute Gasteiger partial charge is 0.300 e. The number of hydrogen-bond donors (Lipinski definition) is 1. The van der Waals surface area contributed by atoms with Gasteiger partial charge in [0.15, 0.2) is 0 Å². The van der Waals surface area contributed by atoms with Crippen LogP contribution in [0.3, 0.4) is 0 Å². The first-order valence-corrected chi connectivity index (χ1v) is 11.6. The number of anilines is 1. The van der Waals surface area contributed by atoms with Crippen molar-refractivity contribution in [3.63, 3.8) is 0 Å². The fourth-order valence-corrected chi connectivity index (χ4v) is 4.45. The average Bonchev–Trinajstić information content (AvgIpc) is 3.14. The van der Waals surface area contributed by atoms with Gasteiger partial charge in [0.25, 0.3) is 11.7 Å². The molecule has 1 N–H and O–H groups in total. The number of hydrogen-bond acceptors (Lipinski definition) is 5. The lowest BCUT2D eigenvalue weighted by Gasteiger charge is -2.26. The number of ether oxygens (including phenoxy) is 2. The summed E-state index contributed by atoms with van der Waals surface area (Å²) in [5.74, 6) is -0.376. The molecule has 1 unspecified atom stereocenters. The van der Waals surface area contributed by atoms with Crippen molar-refractivity contribution in [3.8, 4) is 11.5 Å². The van der Waals surface area contributed by atoms with Crippen molar-refractivity contribution in [2.75, 3.05) is 18.6 Å². The van der Waals surface area contributed by atoms with Gasteiger partial charge in [-0.25, -0.2) is 0 Å². The van der Waals surface area contributed by atoms with Gasteiger partial charge in [0.2, 0.25) is 0 Å². The quantitative estimate of drug-likeness (QED) is 0.266. The molecule has 35 heavy (non-hydrogen) atoms. The second kappa shape index (κ2) is 10.1. The average molecular weight is 472 g/mol. The van der Waals surface area contributed by atoms with Crippen LogP contribution < -0.4 is 14.4 Å². The molecule has 1 amide bonds. The molecule has 1 atom stereocenters. The maximum absolute atomic E-state index is 13.4. The summed E-state index contributed by atoms with van der Waals surface area (Å²) >= 11 is 0. The molecule has 0 spiro atoms. The van der Waals surface area contributed by atoms with Gasteiger partial charge in [-0.15, -0.1) is 0 Å². The summed E-state index contributed by atoms with van der Waals surface area (Å²) in [6.07, 6.45) is 0.